The van der Waals surface area contributed by atoms with E-state index in [1.165, 1.54) is 12.4 Å². The summed E-state index contributed by atoms with van der Waals surface area (Å²) in [5.74, 6) is -1.98. The first-order chi connectivity index (χ1) is 9.81. The van der Waals surface area contributed by atoms with Crippen LogP contribution in [0.15, 0.2) is 35.5 Å². The standard InChI is InChI=1S/C12H12F2N4O2S/c1-18(2)12-15-6-8(7-16-12)17-21(19,20)11-9(13)4-3-5-10(11)14/h3-7,17H,1-2H3. The molecule has 1 heterocycles. The summed E-state index contributed by atoms with van der Waals surface area (Å²) in [6.45, 7) is 0. The molecule has 2 rings (SSSR count). The minimum atomic E-state index is -4.40. The molecule has 0 aliphatic heterocycles. The SMILES string of the molecule is CN(C)c1ncc(NS(=O)(=O)c2c(F)cccc2F)cn1. The first-order valence-electron chi connectivity index (χ1n) is 5.77. The highest BCUT2D eigenvalue weighted by molar-refractivity contribution is 7.92. The highest BCUT2D eigenvalue weighted by Crippen LogP contribution is 2.21. The zero-order valence-corrected chi connectivity index (χ0v) is 12.0. The summed E-state index contributed by atoms with van der Waals surface area (Å²) in [7, 11) is -0.969. The van der Waals surface area contributed by atoms with Gasteiger partial charge in [-0.3, -0.25) is 4.72 Å². The van der Waals surface area contributed by atoms with Crippen LogP contribution in [0, 0.1) is 11.6 Å². The lowest BCUT2D eigenvalue weighted by molar-refractivity contribution is 0.521. The Labute approximate surface area is 120 Å². The zero-order valence-electron chi connectivity index (χ0n) is 11.2. The fourth-order valence-corrected chi connectivity index (χ4v) is 2.72. The molecular formula is C12H12F2N4O2S. The molecule has 0 amide bonds. The van der Waals surface area contributed by atoms with Gasteiger partial charge in [0.25, 0.3) is 10.0 Å². The van der Waals surface area contributed by atoms with E-state index < -0.39 is 26.6 Å². The van der Waals surface area contributed by atoms with Gasteiger partial charge >= 0.3 is 0 Å². The molecule has 0 atom stereocenters. The Morgan fingerprint density at radius 1 is 1.10 bits per heavy atom. The van der Waals surface area contributed by atoms with Crippen LogP contribution in [-0.2, 0) is 10.0 Å². The van der Waals surface area contributed by atoms with E-state index in [1.54, 1.807) is 19.0 Å². The fourth-order valence-electron chi connectivity index (χ4n) is 1.55. The van der Waals surface area contributed by atoms with Crippen LogP contribution in [-0.4, -0.2) is 32.5 Å². The van der Waals surface area contributed by atoms with Crippen molar-refractivity contribution >= 4 is 21.7 Å². The van der Waals surface area contributed by atoms with Gasteiger partial charge in [0.2, 0.25) is 5.95 Å². The summed E-state index contributed by atoms with van der Waals surface area (Å²) in [5, 5.41) is 0. The predicted octanol–water partition coefficient (Wildman–Crippen LogP) is 1.62. The number of hydrogen-bond donors (Lipinski definition) is 1. The quantitative estimate of drug-likeness (QED) is 0.928. The third-order valence-corrected chi connectivity index (χ3v) is 3.91. The van der Waals surface area contributed by atoms with Crippen LogP contribution in [0.25, 0.3) is 0 Å². The van der Waals surface area contributed by atoms with Gasteiger partial charge in [0.05, 0.1) is 18.1 Å². The Balaban J connectivity index is 2.33. The second-order valence-corrected chi connectivity index (χ2v) is 5.94. The van der Waals surface area contributed by atoms with Crippen molar-refractivity contribution in [3.8, 4) is 0 Å². The van der Waals surface area contributed by atoms with Crippen LogP contribution in [0.5, 0.6) is 0 Å². The lowest BCUT2D eigenvalue weighted by Crippen LogP contribution is -2.17. The van der Waals surface area contributed by atoms with Crippen molar-refractivity contribution in [2.45, 2.75) is 4.90 Å². The lowest BCUT2D eigenvalue weighted by atomic mass is 10.3. The number of nitrogens with zero attached hydrogens (tertiary/aromatic N) is 3. The topological polar surface area (TPSA) is 75.2 Å². The van der Waals surface area contributed by atoms with Gasteiger partial charge in [-0.2, -0.15) is 0 Å². The van der Waals surface area contributed by atoms with Gasteiger partial charge in [-0.15, -0.1) is 0 Å². The molecule has 6 nitrogen and oxygen atoms in total. The Morgan fingerprint density at radius 2 is 1.62 bits per heavy atom. The number of rotatable bonds is 4. The van der Waals surface area contributed by atoms with Crippen molar-refractivity contribution in [3.63, 3.8) is 0 Å². The van der Waals surface area contributed by atoms with Crippen LogP contribution in [0.2, 0.25) is 0 Å². The van der Waals surface area contributed by atoms with E-state index in [0.717, 1.165) is 18.2 Å². The summed E-state index contributed by atoms with van der Waals surface area (Å²) < 4.78 is 53.1. The van der Waals surface area contributed by atoms with Gasteiger partial charge in [0, 0.05) is 14.1 Å². The second kappa shape index (κ2) is 5.60. The number of sulfonamides is 1. The van der Waals surface area contributed by atoms with Gasteiger partial charge in [0.15, 0.2) is 4.90 Å². The molecule has 0 saturated carbocycles. The molecule has 1 N–H and O–H groups in total. The molecule has 112 valence electrons. The van der Waals surface area contributed by atoms with E-state index >= 15 is 0 Å². The van der Waals surface area contributed by atoms with Crippen LogP contribution < -0.4 is 9.62 Å². The Bertz CT molecular complexity index is 728. The van der Waals surface area contributed by atoms with E-state index in [4.69, 9.17) is 0 Å². The van der Waals surface area contributed by atoms with Crippen molar-refractivity contribution < 1.29 is 17.2 Å². The molecule has 2 aromatic rings. The Morgan fingerprint density at radius 3 is 2.10 bits per heavy atom. The Kier molecular flexibility index (Phi) is 4.03. The minimum absolute atomic E-state index is 0.00301. The van der Waals surface area contributed by atoms with Crippen molar-refractivity contribution in [2.24, 2.45) is 0 Å². The maximum Gasteiger partial charge on any atom is 0.267 e. The predicted molar refractivity (Wildman–Crippen MR) is 73.5 cm³/mol. The van der Waals surface area contributed by atoms with E-state index in [2.05, 4.69) is 9.97 Å². The maximum atomic E-state index is 13.5. The van der Waals surface area contributed by atoms with Crippen LogP contribution in [0.3, 0.4) is 0 Å². The highest BCUT2D eigenvalue weighted by Gasteiger charge is 2.24. The Hall–Kier alpha value is -2.29. The number of hydrogen-bond acceptors (Lipinski definition) is 5. The molecule has 0 bridgehead atoms. The van der Waals surface area contributed by atoms with Gasteiger partial charge in [-0.25, -0.2) is 27.2 Å². The monoisotopic (exact) mass is 314 g/mol. The fraction of sp³-hybridized carbons (Fsp3) is 0.167. The normalized spacial score (nSPS) is 11.2. The smallest absolute Gasteiger partial charge is 0.267 e. The number of nitrogens with one attached hydrogen (secondary N) is 1. The summed E-state index contributed by atoms with van der Waals surface area (Å²) in [6, 6.07) is 2.81. The largest absolute Gasteiger partial charge is 0.347 e. The molecule has 9 heteroatoms. The van der Waals surface area contributed by atoms with Crippen molar-refractivity contribution in [1.29, 1.82) is 0 Å². The van der Waals surface area contributed by atoms with Crippen LogP contribution in [0.1, 0.15) is 0 Å². The van der Waals surface area contributed by atoms with Gasteiger partial charge in [-0.1, -0.05) is 6.07 Å². The van der Waals surface area contributed by atoms with Crippen molar-refractivity contribution in [3.05, 3.63) is 42.2 Å². The molecule has 0 aliphatic rings. The molecule has 1 aromatic carbocycles. The average molecular weight is 314 g/mol. The summed E-state index contributed by atoms with van der Waals surface area (Å²) in [5.41, 5.74) is 0.00301. The molecular weight excluding hydrogens is 302 g/mol. The first-order valence-corrected chi connectivity index (χ1v) is 7.26. The zero-order chi connectivity index (χ0) is 15.6. The van der Waals surface area contributed by atoms with Gasteiger partial charge in [0.1, 0.15) is 11.6 Å². The molecule has 0 aliphatic carbocycles. The van der Waals surface area contributed by atoms with E-state index in [0.29, 0.717) is 5.95 Å². The van der Waals surface area contributed by atoms with E-state index in [1.807, 2.05) is 4.72 Å². The molecule has 1 aromatic heterocycles. The third-order valence-electron chi connectivity index (χ3n) is 2.48. The second-order valence-electron chi connectivity index (χ2n) is 4.32. The molecule has 0 spiro atoms. The van der Waals surface area contributed by atoms with Crippen LogP contribution in [0.4, 0.5) is 20.4 Å². The molecule has 0 radical (unpaired) electrons. The first kappa shape index (κ1) is 15.1. The summed E-state index contributed by atoms with van der Waals surface area (Å²) in [6.07, 6.45) is 2.41. The molecule has 0 fully saturated rings. The van der Waals surface area contributed by atoms with Crippen molar-refractivity contribution in [2.75, 3.05) is 23.7 Å². The number of anilines is 2. The summed E-state index contributed by atoms with van der Waals surface area (Å²) in [4.78, 5) is 8.38. The van der Waals surface area contributed by atoms with Crippen LogP contribution >= 0.6 is 0 Å². The minimum Gasteiger partial charge on any atom is -0.347 e. The number of aromatic nitrogens is 2. The average Bonchev–Trinajstić information content (AvgIpc) is 2.38. The number of halogens is 2. The van der Waals surface area contributed by atoms with E-state index in [-0.39, 0.29) is 5.69 Å². The highest BCUT2D eigenvalue weighted by atomic mass is 32.2. The maximum absolute atomic E-state index is 13.5. The molecule has 0 unspecified atom stereocenters. The number of benzene rings is 1. The third kappa shape index (κ3) is 3.24. The van der Waals surface area contributed by atoms with Crippen molar-refractivity contribution in [1.82, 2.24) is 9.97 Å². The van der Waals surface area contributed by atoms with Gasteiger partial charge in [-0.05, 0) is 12.1 Å². The van der Waals surface area contributed by atoms with E-state index in [9.17, 15) is 17.2 Å². The lowest BCUT2D eigenvalue weighted by Gasteiger charge is -2.11. The molecule has 21 heavy (non-hydrogen) atoms. The van der Waals surface area contributed by atoms with Gasteiger partial charge < -0.3 is 4.90 Å². The molecule has 0 saturated heterocycles. The summed E-state index contributed by atoms with van der Waals surface area (Å²) >= 11 is 0.